The van der Waals surface area contributed by atoms with Crippen LogP contribution in [0.4, 0.5) is 5.69 Å². The molecule has 116 valence electrons. The molecule has 4 rings (SSSR count). The smallest absolute Gasteiger partial charge is 0.294 e. The van der Waals surface area contributed by atoms with E-state index in [0.29, 0.717) is 22.9 Å². The molecule has 0 unspecified atom stereocenters. The average molecular weight is 326 g/mol. The van der Waals surface area contributed by atoms with Gasteiger partial charge in [0, 0.05) is 22.6 Å². The van der Waals surface area contributed by atoms with Gasteiger partial charge >= 0.3 is 0 Å². The van der Waals surface area contributed by atoms with E-state index < -0.39 is 0 Å². The largest absolute Gasteiger partial charge is 0.451 e. The molecule has 0 radical (unpaired) electrons. The van der Waals surface area contributed by atoms with Gasteiger partial charge in [0.25, 0.3) is 5.91 Å². The van der Waals surface area contributed by atoms with E-state index in [1.165, 1.54) is 11.1 Å². The summed E-state index contributed by atoms with van der Waals surface area (Å²) in [5.41, 5.74) is 4.12. The summed E-state index contributed by atoms with van der Waals surface area (Å²) in [5.74, 6) is 0.262. The van der Waals surface area contributed by atoms with Gasteiger partial charge < -0.3 is 9.32 Å². The molecule has 0 fully saturated rings. The van der Waals surface area contributed by atoms with Crippen LogP contribution in [-0.2, 0) is 6.42 Å². The maximum atomic E-state index is 12.9. The summed E-state index contributed by atoms with van der Waals surface area (Å²) in [6, 6.07) is 13.4. The van der Waals surface area contributed by atoms with E-state index in [0.717, 1.165) is 23.9 Å². The number of halogens is 1. The zero-order valence-electron chi connectivity index (χ0n) is 12.8. The van der Waals surface area contributed by atoms with Crippen molar-refractivity contribution in [1.82, 2.24) is 0 Å². The van der Waals surface area contributed by atoms with Gasteiger partial charge in [0.15, 0.2) is 5.76 Å². The molecule has 0 spiro atoms. The topological polar surface area (TPSA) is 33.5 Å². The predicted octanol–water partition coefficient (Wildman–Crippen LogP) is 4.99. The first kappa shape index (κ1) is 14.3. The first-order valence-corrected chi connectivity index (χ1v) is 8.10. The third-order valence-electron chi connectivity index (χ3n) is 4.29. The molecule has 1 aromatic heterocycles. The van der Waals surface area contributed by atoms with Crippen molar-refractivity contribution in [3.63, 3.8) is 0 Å². The molecule has 4 heteroatoms. The van der Waals surface area contributed by atoms with Crippen LogP contribution in [0, 0.1) is 6.92 Å². The Balaban J connectivity index is 1.74. The quantitative estimate of drug-likeness (QED) is 0.631. The van der Waals surface area contributed by atoms with Crippen molar-refractivity contribution in [3.8, 4) is 0 Å². The lowest BCUT2D eigenvalue weighted by molar-refractivity contribution is 0.0960. The fourth-order valence-electron chi connectivity index (χ4n) is 3.19. The number of hydrogen-bond donors (Lipinski definition) is 0. The number of amides is 1. The zero-order valence-corrected chi connectivity index (χ0v) is 13.6. The van der Waals surface area contributed by atoms with Crippen LogP contribution in [0.3, 0.4) is 0 Å². The molecule has 0 N–H and O–H groups in total. The summed E-state index contributed by atoms with van der Waals surface area (Å²) in [7, 11) is 0. The van der Waals surface area contributed by atoms with Crippen LogP contribution < -0.4 is 4.90 Å². The molecule has 0 saturated carbocycles. The molecule has 0 bridgehead atoms. The van der Waals surface area contributed by atoms with Gasteiger partial charge in [-0.2, -0.15) is 0 Å². The summed E-state index contributed by atoms with van der Waals surface area (Å²) >= 11 is 6.00. The van der Waals surface area contributed by atoms with Gasteiger partial charge in [-0.3, -0.25) is 4.79 Å². The van der Waals surface area contributed by atoms with E-state index in [4.69, 9.17) is 16.0 Å². The average Bonchev–Trinajstić information content (AvgIpc) is 2.96. The van der Waals surface area contributed by atoms with Gasteiger partial charge in [-0.05, 0) is 55.7 Å². The zero-order chi connectivity index (χ0) is 16.0. The molecule has 2 heterocycles. The molecule has 0 aliphatic carbocycles. The monoisotopic (exact) mass is 325 g/mol. The molecule has 1 amide bonds. The summed E-state index contributed by atoms with van der Waals surface area (Å²) in [5, 5.41) is 1.48. The summed E-state index contributed by atoms with van der Waals surface area (Å²) in [6.07, 6.45) is 1.98. The van der Waals surface area contributed by atoms with Crippen molar-refractivity contribution in [2.24, 2.45) is 0 Å². The van der Waals surface area contributed by atoms with Crippen molar-refractivity contribution >= 4 is 34.2 Å². The Bertz CT molecular complexity index is 913. The normalized spacial score (nSPS) is 14.1. The Morgan fingerprint density at radius 1 is 1.17 bits per heavy atom. The van der Waals surface area contributed by atoms with Crippen LogP contribution in [0.25, 0.3) is 11.0 Å². The van der Waals surface area contributed by atoms with Gasteiger partial charge in [-0.15, -0.1) is 0 Å². The minimum atomic E-state index is -0.0953. The number of benzene rings is 2. The van der Waals surface area contributed by atoms with E-state index in [1.54, 1.807) is 18.2 Å². The Hall–Kier alpha value is -2.26. The molecular formula is C19H16ClNO2. The standard InChI is InChI=1S/C19H16ClNO2/c1-12-4-6-16-13(9-12)3-2-8-21(16)19(22)18-11-14-10-15(20)5-7-17(14)23-18/h4-7,9-11H,2-3,8H2,1H3. The number of carbonyl (C=O) groups is 1. The molecule has 3 aromatic rings. The van der Waals surface area contributed by atoms with Crippen LogP contribution in [0.2, 0.25) is 5.02 Å². The van der Waals surface area contributed by atoms with Crippen molar-refractivity contribution in [2.45, 2.75) is 19.8 Å². The van der Waals surface area contributed by atoms with Gasteiger partial charge in [-0.25, -0.2) is 0 Å². The lowest BCUT2D eigenvalue weighted by Crippen LogP contribution is -2.35. The van der Waals surface area contributed by atoms with Crippen molar-refractivity contribution in [1.29, 1.82) is 0 Å². The molecule has 1 aliphatic rings. The maximum absolute atomic E-state index is 12.9. The Labute approximate surface area is 139 Å². The number of anilines is 1. The Morgan fingerprint density at radius 3 is 2.91 bits per heavy atom. The van der Waals surface area contributed by atoms with Gasteiger partial charge in [-0.1, -0.05) is 29.3 Å². The number of aryl methyl sites for hydroxylation is 2. The molecule has 23 heavy (non-hydrogen) atoms. The number of fused-ring (bicyclic) bond motifs is 2. The van der Waals surface area contributed by atoms with Crippen molar-refractivity contribution in [3.05, 3.63) is 64.4 Å². The summed E-state index contributed by atoms with van der Waals surface area (Å²) in [6.45, 7) is 2.79. The number of hydrogen-bond acceptors (Lipinski definition) is 2. The van der Waals surface area contributed by atoms with E-state index in [1.807, 2.05) is 23.1 Å². The summed E-state index contributed by atoms with van der Waals surface area (Å²) < 4.78 is 5.73. The fraction of sp³-hybridized carbons (Fsp3) is 0.211. The molecule has 1 aliphatic heterocycles. The lowest BCUT2D eigenvalue weighted by atomic mass is 9.99. The second kappa shape index (κ2) is 5.43. The predicted molar refractivity (Wildman–Crippen MR) is 92.4 cm³/mol. The van der Waals surface area contributed by atoms with Crippen LogP contribution in [-0.4, -0.2) is 12.5 Å². The SMILES string of the molecule is Cc1ccc2c(c1)CCCN2C(=O)c1cc2cc(Cl)ccc2o1. The Morgan fingerprint density at radius 2 is 2.04 bits per heavy atom. The van der Waals surface area contributed by atoms with E-state index in [9.17, 15) is 4.79 Å². The maximum Gasteiger partial charge on any atom is 0.294 e. The molecular weight excluding hydrogens is 310 g/mol. The first-order chi connectivity index (χ1) is 11.1. The van der Waals surface area contributed by atoms with E-state index in [2.05, 4.69) is 13.0 Å². The van der Waals surface area contributed by atoms with Crippen LogP contribution in [0.1, 0.15) is 28.1 Å². The molecule has 3 nitrogen and oxygen atoms in total. The highest BCUT2D eigenvalue weighted by Gasteiger charge is 2.26. The van der Waals surface area contributed by atoms with Crippen LogP contribution in [0.5, 0.6) is 0 Å². The molecule has 0 atom stereocenters. The van der Waals surface area contributed by atoms with Crippen molar-refractivity contribution in [2.75, 3.05) is 11.4 Å². The number of nitrogens with zero attached hydrogens (tertiary/aromatic N) is 1. The highest BCUT2D eigenvalue weighted by Crippen LogP contribution is 2.31. The van der Waals surface area contributed by atoms with Gasteiger partial charge in [0.1, 0.15) is 5.58 Å². The number of rotatable bonds is 1. The highest BCUT2D eigenvalue weighted by atomic mass is 35.5. The third kappa shape index (κ3) is 2.51. The molecule has 0 saturated heterocycles. The van der Waals surface area contributed by atoms with E-state index >= 15 is 0 Å². The third-order valence-corrected chi connectivity index (χ3v) is 4.52. The number of carbonyl (C=O) groups excluding carboxylic acids is 1. The minimum Gasteiger partial charge on any atom is -0.451 e. The lowest BCUT2D eigenvalue weighted by Gasteiger charge is -2.29. The second-order valence-electron chi connectivity index (χ2n) is 5.99. The van der Waals surface area contributed by atoms with Gasteiger partial charge in [0.2, 0.25) is 0 Å². The van der Waals surface area contributed by atoms with Crippen molar-refractivity contribution < 1.29 is 9.21 Å². The van der Waals surface area contributed by atoms with Gasteiger partial charge in [0.05, 0.1) is 0 Å². The second-order valence-corrected chi connectivity index (χ2v) is 6.42. The first-order valence-electron chi connectivity index (χ1n) is 7.72. The van der Waals surface area contributed by atoms with E-state index in [-0.39, 0.29) is 5.91 Å². The fourth-order valence-corrected chi connectivity index (χ4v) is 3.37. The highest BCUT2D eigenvalue weighted by molar-refractivity contribution is 6.31. The van der Waals surface area contributed by atoms with Crippen LogP contribution >= 0.6 is 11.6 Å². The summed E-state index contributed by atoms with van der Waals surface area (Å²) in [4.78, 5) is 14.7. The Kier molecular flexibility index (Phi) is 3.38. The number of furan rings is 1. The molecule has 2 aromatic carbocycles. The minimum absolute atomic E-state index is 0.0953. The van der Waals surface area contributed by atoms with Crippen LogP contribution in [0.15, 0.2) is 46.9 Å².